The molecule has 3 aromatic rings. The van der Waals surface area contributed by atoms with Crippen LogP contribution in [0, 0.1) is 0 Å². The number of carbonyl (C=O) groups excluding carboxylic acids is 1. The number of nitrogens with zero attached hydrogens (tertiary/aromatic N) is 3. The summed E-state index contributed by atoms with van der Waals surface area (Å²) in [5.74, 6) is 2.79. The Kier molecular flexibility index (Phi) is 7.83. The van der Waals surface area contributed by atoms with E-state index in [4.69, 9.17) is 14.0 Å². The number of carbonyl (C=O) groups is 1. The topological polar surface area (TPSA) is 77.7 Å². The van der Waals surface area contributed by atoms with Crippen molar-refractivity contribution in [2.75, 3.05) is 27.3 Å². The lowest BCUT2D eigenvalue weighted by Crippen LogP contribution is -2.28. The molecule has 158 valence electrons. The van der Waals surface area contributed by atoms with Gasteiger partial charge in [-0.05, 0) is 49.2 Å². The lowest BCUT2D eigenvalue weighted by Gasteiger charge is -2.17. The van der Waals surface area contributed by atoms with Crippen LogP contribution in [-0.2, 0) is 11.2 Å². The van der Waals surface area contributed by atoms with Gasteiger partial charge in [0.25, 0.3) is 0 Å². The summed E-state index contributed by atoms with van der Waals surface area (Å²) >= 11 is 0. The molecule has 0 spiro atoms. The lowest BCUT2D eigenvalue weighted by atomic mass is 10.2. The molecule has 30 heavy (non-hydrogen) atoms. The van der Waals surface area contributed by atoms with E-state index in [1.165, 1.54) is 0 Å². The summed E-state index contributed by atoms with van der Waals surface area (Å²) in [6.07, 6.45) is 2.45. The van der Waals surface area contributed by atoms with Gasteiger partial charge < -0.3 is 18.9 Å². The first kappa shape index (κ1) is 21.4. The van der Waals surface area contributed by atoms with Crippen molar-refractivity contribution in [1.29, 1.82) is 0 Å². The maximum Gasteiger partial charge on any atom is 0.226 e. The number of aromatic nitrogens is 2. The Morgan fingerprint density at radius 1 is 1.03 bits per heavy atom. The Morgan fingerprint density at radius 3 is 2.53 bits per heavy atom. The number of ether oxygens (including phenoxy) is 2. The quantitative estimate of drug-likeness (QED) is 0.446. The van der Waals surface area contributed by atoms with Crippen molar-refractivity contribution >= 4 is 5.91 Å². The molecule has 0 bridgehead atoms. The smallest absolute Gasteiger partial charge is 0.226 e. The first-order valence-electron chi connectivity index (χ1n) is 10.0. The van der Waals surface area contributed by atoms with Crippen molar-refractivity contribution in [3.05, 3.63) is 60.5 Å². The van der Waals surface area contributed by atoms with E-state index >= 15 is 0 Å². The minimum atomic E-state index is 0.101. The molecule has 0 atom stereocenters. The number of hydrogen-bond donors (Lipinski definition) is 0. The van der Waals surface area contributed by atoms with E-state index in [1.54, 1.807) is 12.0 Å². The van der Waals surface area contributed by atoms with E-state index in [0.29, 0.717) is 44.1 Å². The van der Waals surface area contributed by atoms with Crippen LogP contribution in [0.25, 0.3) is 11.4 Å². The summed E-state index contributed by atoms with van der Waals surface area (Å²) in [5.41, 5.74) is 0.860. The van der Waals surface area contributed by atoms with Crippen molar-refractivity contribution < 1.29 is 18.8 Å². The molecule has 0 aliphatic heterocycles. The fourth-order valence-electron chi connectivity index (χ4n) is 2.93. The summed E-state index contributed by atoms with van der Waals surface area (Å²) in [4.78, 5) is 18.4. The van der Waals surface area contributed by atoms with Gasteiger partial charge in [0.1, 0.15) is 11.5 Å². The van der Waals surface area contributed by atoms with Crippen LogP contribution in [0.15, 0.2) is 59.1 Å². The van der Waals surface area contributed by atoms with Crippen molar-refractivity contribution in [1.82, 2.24) is 15.0 Å². The number of methoxy groups -OCH3 is 1. The summed E-state index contributed by atoms with van der Waals surface area (Å²) in [7, 11) is 3.44. The molecule has 7 heteroatoms. The second-order valence-corrected chi connectivity index (χ2v) is 6.92. The zero-order chi connectivity index (χ0) is 21.2. The Balaban J connectivity index is 1.35. The van der Waals surface area contributed by atoms with E-state index in [2.05, 4.69) is 10.1 Å². The molecular weight excluding hydrogens is 382 g/mol. The minimum absolute atomic E-state index is 0.101. The van der Waals surface area contributed by atoms with E-state index in [1.807, 2.05) is 61.6 Å². The van der Waals surface area contributed by atoms with Crippen LogP contribution in [-0.4, -0.2) is 48.3 Å². The van der Waals surface area contributed by atoms with E-state index in [9.17, 15) is 4.79 Å². The van der Waals surface area contributed by atoms with Crippen LogP contribution >= 0.6 is 0 Å². The molecule has 0 fully saturated rings. The summed E-state index contributed by atoms with van der Waals surface area (Å²) in [5, 5.41) is 4.01. The minimum Gasteiger partial charge on any atom is -0.497 e. The van der Waals surface area contributed by atoms with Crippen molar-refractivity contribution in [3.8, 4) is 22.9 Å². The highest BCUT2D eigenvalue weighted by molar-refractivity contribution is 5.75. The monoisotopic (exact) mass is 409 g/mol. The van der Waals surface area contributed by atoms with Gasteiger partial charge in [0.15, 0.2) is 0 Å². The zero-order valence-electron chi connectivity index (χ0n) is 17.4. The standard InChI is InChI=1S/C23H27N3O4/c1-26(16-7-17-29-20-8-4-3-5-9-20)22(27)11-6-10-21-24-23(25-30-21)18-12-14-19(28-2)15-13-18/h3-5,8-9,12-15H,6-7,10-11,16-17H2,1-2H3. The van der Waals surface area contributed by atoms with Crippen molar-refractivity contribution in [3.63, 3.8) is 0 Å². The molecule has 0 saturated carbocycles. The number of rotatable bonds is 11. The van der Waals surface area contributed by atoms with Gasteiger partial charge in [-0.3, -0.25) is 4.79 Å². The molecule has 0 aliphatic rings. The average molecular weight is 409 g/mol. The third-order valence-corrected chi connectivity index (χ3v) is 4.67. The second-order valence-electron chi connectivity index (χ2n) is 6.92. The normalized spacial score (nSPS) is 10.6. The molecule has 0 N–H and O–H groups in total. The van der Waals surface area contributed by atoms with Crippen molar-refractivity contribution in [2.24, 2.45) is 0 Å². The first-order valence-corrected chi connectivity index (χ1v) is 10.0. The summed E-state index contributed by atoms with van der Waals surface area (Å²) < 4.78 is 16.1. The number of para-hydroxylation sites is 1. The SMILES string of the molecule is COc1ccc(-c2noc(CCCC(=O)N(C)CCCOc3ccccc3)n2)cc1. The Morgan fingerprint density at radius 2 is 1.80 bits per heavy atom. The second kappa shape index (κ2) is 11.0. The molecule has 0 unspecified atom stereocenters. The first-order chi connectivity index (χ1) is 14.7. The molecule has 0 saturated heterocycles. The lowest BCUT2D eigenvalue weighted by molar-refractivity contribution is -0.130. The average Bonchev–Trinajstić information content (AvgIpc) is 3.26. The van der Waals surface area contributed by atoms with Gasteiger partial charge in [-0.25, -0.2) is 0 Å². The van der Waals surface area contributed by atoms with E-state index < -0.39 is 0 Å². The summed E-state index contributed by atoms with van der Waals surface area (Å²) in [6.45, 7) is 1.24. The maximum atomic E-state index is 12.3. The zero-order valence-corrected chi connectivity index (χ0v) is 17.4. The molecular formula is C23H27N3O4. The van der Waals surface area contributed by atoms with Crippen LogP contribution < -0.4 is 9.47 Å². The number of benzene rings is 2. The fourth-order valence-corrected chi connectivity index (χ4v) is 2.93. The van der Waals surface area contributed by atoms with Crippen LogP contribution in [0.5, 0.6) is 11.5 Å². The molecule has 2 aromatic carbocycles. The molecule has 1 heterocycles. The highest BCUT2D eigenvalue weighted by Gasteiger charge is 2.12. The maximum absolute atomic E-state index is 12.3. The Hall–Kier alpha value is -3.35. The van der Waals surface area contributed by atoms with Gasteiger partial charge in [-0.2, -0.15) is 4.98 Å². The Bertz CT molecular complexity index is 910. The highest BCUT2D eigenvalue weighted by Crippen LogP contribution is 2.20. The number of aryl methyl sites for hydroxylation is 1. The predicted molar refractivity (Wildman–Crippen MR) is 113 cm³/mol. The third-order valence-electron chi connectivity index (χ3n) is 4.67. The fraction of sp³-hybridized carbons (Fsp3) is 0.348. The largest absolute Gasteiger partial charge is 0.497 e. The van der Waals surface area contributed by atoms with Crippen LogP contribution in [0.1, 0.15) is 25.2 Å². The van der Waals surface area contributed by atoms with Gasteiger partial charge in [0.2, 0.25) is 17.6 Å². The molecule has 0 radical (unpaired) electrons. The van der Waals surface area contributed by atoms with Gasteiger partial charge in [0, 0.05) is 32.0 Å². The highest BCUT2D eigenvalue weighted by atomic mass is 16.5. The Labute approximate surface area is 176 Å². The van der Waals surface area contributed by atoms with Crippen LogP contribution in [0.3, 0.4) is 0 Å². The molecule has 7 nitrogen and oxygen atoms in total. The predicted octanol–water partition coefficient (Wildman–Crippen LogP) is 4.00. The number of hydrogen-bond acceptors (Lipinski definition) is 6. The number of amides is 1. The van der Waals surface area contributed by atoms with Gasteiger partial charge in [-0.15, -0.1) is 0 Å². The molecule has 1 amide bonds. The van der Waals surface area contributed by atoms with E-state index in [0.717, 1.165) is 23.5 Å². The molecule has 3 rings (SSSR count). The van der Waals surface area contributed by atoms with Crippen molar-refractivity contribution in [2.45, 2.75) is 25.7 Å². The van der Waals surface area contributed by atoms with Gasteiger partial charge >= 0.3 is 0 Å². The molecule has 0 aliphatic carbocycles. The summed E-state index contributed by atoms with van der Waals surface area (Å²) in [6, 6.07) is 17.1. The molecule has 1 aromatic heterocycles. The van der Waals surface area contributed by atoms with Crippen LogP contribution in [0.2, 0.25) is 0 Å². The van der Waals surface area contributed by atoms with Crippen LogP contribution in [0.4, 0.5) is 0 Å². The van der Waals surface area contributed by atoms with Gasteiger partial charge in [-0.1, -0.05) is 23.4 Å². The van der Waals surface area contributed by atoms with E-state index in [-0.39, 0.29) is 5.91 Å². The third kappa shape index (κ3) is 6.34. The van der Waals surface area contributed by atoms with Gasteiger partial charge in [0.05, 0.1) is 13.7 Å².